The molecule has 0 aromatic heterocycles. The minimum absolute atomic E-state index is 0.111. The SMILES string of the molecule is Cc1ccc(C2=NCC(C)N2)c([N+](=O)[O-])c1. The van der Waals surface area contributed by atoms with Crippen molar-refractivity contribution < 1.29 is 4.92 Å². The van der Waals surface area contributed by atoms with Gasteiger partial charge in [-0.15, -0.1) is 0 Å². The van der Waals surface area contributed by atoms with Crippen LogP contribution in [-0.2, 0) is 0 Å². The third kappa shape index (κ3) is 1.88. The molecular formula is C11H13N3O2. The van der Waals surface area contributed by atoms with E-state index in [9.17, 15) is 10.1 Å². The van der Waals surface area contributed by atoms with E-state index in [0.717, 1.165) is 5.56 Å². The predicted molar refractivity (Wildman–Crippen MR) is 61.8 cm³/mol. The molecule has 84 valence electrons. The third-order valence-corrected chi connectivity index (χ3v) is 2.51. The number of rotatable bonds is 2. The normalized spacial score (nSPS) is 19.1. The number of nitrogens with zero attached hydrogens (tertiary/aromatic N) is 2. The molecule has 1 aliphatic rings. The van der Waals surface area contributed by atoms with Crippen molar-refractivity contribution in [2.24, 2.45) is 4.99 Å². The van der Waals surface area contributed by atoms with E-state index in [4.69, 9.17) is 0 Å². The zero-order valence-electron chi connectivity index (χ0n) is 9.23. The van der Waals surface area contributed by atoms with Crippen molar-refractivity contribution in [1.82, 2.24) is 5.32 Å². The number of amidine groups is 1. The van der Waals surface area contributed by atoms with Crippen LogP contribution in [0.5, 0.6) is 0 Å². The van der Waals surface area contributed by atoms with E-state index < -0.39 is 0 Å². The van der Waals surface area contributed by atoms with E-state index in [0.29, 0.717) is 17.9 Å². The van der Waals surface area contributed by atoms with Gasteiger partial charge in [0.25, 0.3) is 5.69 Å². The highest BCUT2D eigenvalue weighted by Gasteiger charge is 2.22. The number of nitro benzene ring substituents is 1. The predicted octanol–water partition coefficient (Wildman–Crippen LogP) is 1.64. The quantitative estimate of drug-likeness (QED) is 0.607. The average molecular weight is 219 g/mol. The van der Waals surface area contributed by atoms with E-state index in [2.05, 4.69) is 10.3 Å². The number of hydrogen-bond acceptors (Lipinski definition) is 4. The Morgan fingerprint density at radius 3 is 2.88 bits per heavy atom. The van der Waals surface area contributed by atoms with Crippen LogP contribution in [-0.4, -0.2) is 23.3 Å². The van der Waals surface area contributed by atoms with Crippen molar-refractivity contribution in [3.8, 4) is 0 Å². The zero-order chi connectivity index (χ0) is 11.7. The molecule has 1 aliphatic heterocycles. The smallest absolute Gasteiger partial charge is 0.280 e. The fourth-order valence-electron chi connectivity index (χ4n) is 1.71. The van der Waals surface area contributed by atoms with E-state index in [1.54, 1.807) is 12.1 Å². The second-order valence-electron chi connectivity index (χ2n) is 4.01. The molecule has 1 N–H and O–H groups in total. The summed E-state index contributed by atoms with van der Waals surface area (Å²) in [5.74, 6) is 0.624. The molecule has 0 aliphatic carbocycles. The lowest BCUT2D eigenvalue weighted by atomic mass is 10.1. The number of aryl methyl sites for hydroxylation is 1. The Hall–Kier alpha value is -1.91. The first-order chi connectivity index (χ1) is 7.58. The lowest BCUT2D eigenvalue weighted by Gasteiger charge is -2.07. The molecule has 0 bridgehead atoms. The number of aliphatic imine (C=N–C) groups is 1. The molecule has 0 saturated heterocycles. The molecule has 2 rings (SSSR count). The first-order valence-corrected chi connectivity index (χ1v) is 5.14. The third-order valence-electron chi connectivity index (χ3n) is 2.51. The van der Waals surface area contributed by atoms with Gasteiger partial charge in [-0.3, -0.25) is 15.1 Å². The molecule has 5 heteroatoms. The second-order valence-corrected chi connectivity index (χ2v) is 4.01. The van der Waals surface area contributed by atoms with Crippen LogP contribution >= 0.6 is 0 Å². The number of hydrogen-bond donors (Lipinski definition) is 1. The van der Waals surface area contributed by atoms with E-state index in [1.807, 2.05) is 19.9 Å². The summed E-state index contributed by atoms with van der Waals surface area (Å²) in [6, 6.07) is 5.42. The van der Waals surface area contributed by atoms with Crippen LogP contribution in [0.4, 0.5) is 5.69 Å². The van der Waals surface area contributed by atoms with Crippen LogP contribution in [0.25, 0.3) is 0 Å². The Morgan fingerprint density at radius 2 is 2.31 bits per heavy atom. The van der Waals surface area contributed by atoms with Crippen LogP contribution in [0, 0.1) is 17.0 Å². The molecule has 1 aromatic rings. The first-order valence-electron chi connectivity index (χ1n) is 5.14. The van der Waals surface area contributed by atoms with Gasteiger partial charge in [-0.2, -0.15) is 0 Å². The summed E-state index contributed by atoms with van der Waals surface area (Å²) in [5.41, 5.74) is 1.56. The number of benzene rings is 1. The largest absolute Gasteiger partial charge is 0.365 e. The lowest BCUT2D eigenvalue weighted by molar-refractivity contribution is -0.385. The summed E-state index contributed by atoms with van der Waals surface area (Å²) in [7, 11) is 0. The van der Waals surface area contributed by atoms with E-state index >= 15 is 0 Å². The topological polar surface area (TPSA) is 67.5 Å². The van der Waals surface area contributed by atoms with Gasteiger partial charge in [0.2, 0.25) is 0 Å². The Balaban J connectivity index is 2.44. The molecule has 0 fully saturated rings. The monoisotopic (exact) mass is 219 g/mol. The molecule has 1 atom stereocenters. The lowest BCUT2D eigenvalue weighted by Crippen LogP contribution is -2.28. The Bertz CT molecular complexity index is 468. The van der Waals surface area contributed by atoms with Crippen LogP contribution in [0.1, 0.15) is 18.1 Å². The summed E-state index contributed by atoms with van der Waals surface area (Å²) in [6.45, 7) is 4.50. The Labute approximate surface area is 93.3 Å². The molecule has 1 unspecified atom stereocenters. The average Bonchev–Trinajstić information content (AvgIpc) is 2.64. The molecule has 16 heavy (non-hydrogen) atoms. The fraction of sp³-hybridized carbons (Fsp3) is 0.364. The minimum atomic E-state index is -0.366. The molecule has 0 radical (unpaired) electrons. The molecule has 0 amide bonds. The highest BCUT2D eigenvalue weighted by molar-refractivity contribution is 6.03. The molecule has 0 spiro atoms. The maximum absolute atomic E-state index is 10.9. The van der Waals surface area contributed by atoms with Crippen molar-refractivity contribution in [1.29, 1.82) is 0 Å². The standard InChI is InChI=1S/C11H13N3O2/c1-7-3-4-9(10(5-7)14(15)16)11-12-6-8(2)13-11/h3-5,8H,6H2,1-2H3,(H,12,13). The van der Waals surface area contributed by atoms with Crippen molar-refractivity contribution in [3.63, 3.8) is 0 Å². The summed E-state index contributed by atoms with van der Waals surface area (Å²) >= 11 is 0. The van der Waals surface area contributed by atoms with Crippen molar-refractivity contribution >= 4 is 11.5 Å². The summed E-state index contributed by atoms with van der Waals surface area (Å²) < 4.78 is 0. The maximum atomic E-state index is 10.9. The number of nitrogens with one attached hydrogen (secondary N) is 1. The van der Waals surface area contributed by atoms with Gasteiger partial charge in [0, 0.05) is 12.1 Å². The van der Waals surface area contributed by atoms with Crippen LogP contribution < -0.4 is 5.32 Å². The maximum Gasteiger partial charge on any atom is 0.280 e. The van der Waals surface area contributed by atoms with Gasteiger partial charge >= 0.3 is 0 Å². The Morgan fingerprint density at radius 1 is 1.56 bits per heavy atom. The first kappa shape index (κ1) is 10.6. The van der Waals surface area contributed by atoms with Gasteiger partial charge in [-0.1, -0.05) is 6.07 Å². The molecule has 5 nitrogen and oxygen atoms in total. The van der Waals surface area contributed by atoms with Crippen molar-refractivity contribution in [3.05, 3.63) is 39.4 Å². The van der Waals surface area contributed by atoms with Crippen molar-refractivity contribution in [2.75, 3.05) is 6.54 Å². The summed E-state index contributed by atoms with van der Waals surface area (Å²) in [6.07, 6.45) is 0. The van der Waals surface area contributed by atoms with Gasteiger partial charge in [0.15, 0.2) is 0 Å². The van der Waals surface area contributed by atoms with E-state index in [-0.39, 0.29) is 16.7 Å². The second kappa shape index (κ2) is 3.92. The summed E-state index contributed by atoms with van der Waals surface area (Å²) in [4.78, 5) is 14.8. The van der Waals surface area contributed by atoms with Gasteiger partial charge in [0.05, 0.1) is 17.0 Å². The van der Waals surface area contributed by atoms with Crippen LogP contribution in [0.3, 0.4) is 0 Å². The molecule has 1 aromatic carbocycles. The van der Waals surface area contributed by atoms with Crippen molar-refractivity contribution in [2.45, 2.75) is 19.9 Å². The van der Waals surface area contributed by atoms with E-state index in [1.165, 1.54) is 0 Å². The minimum Gasteiger partial charge on any atom is -0.365 e. The highest BCUT2D eigenvalue weighted by atomic mass is 16.6. The summed E-state index contributed by atoms with van der Waals surface area (Å²) in [5, 5.41) is 14.1. The molecular weight excluding hydrogens is 206 g/mol. The Kier molecular flexibility index (Phi) is 2.60. The van der Waals surface area contributed by atoms with Gasteiger partial charge in [-0.05, 0) is 25.5 Å². The van der Waals surface area contributed by atoms with Crippen LogP contribution in [0.15, 0.2) is 23.2 Å². The molecule has 0 saturated carbocycles. The molecule has 1 heterocycles. The van der Waals surface area contributed by atoms with Gasteiger partial charge in [-0.25, -0.2) is 0 Å². The fourth-order valence-corrected chi connectivity index (χ4v) is 1.71. The number of nitro groups is 1. The highest BCUT2D eigenvalue weighted by Crippen LogP contribution is 2.21. The zero-order valence-corrected chi connectivity index (χ0v) is 9.23. The van der Waals surface area contributed by atoms with Crippen LogP contribution in [0.2, 0.25) is 0 Å². The van der Waals surface area contributed by atoms with Gasteiger partial charge in [0.1, 0.15) is 5.84 Å². The van der Waals surface area contributed by atoms with Gasteiger partial charge < -0.3 is 5.32 Å².